The molecule has 22 heavy (non-hydrogen) atoms. The van der Waals surface area contributed by atoms with Crippen molar-refractivity contribution in [3.63, 3.8) is 0 Å². The van der Waals surface area contributed by atoms with Gasteiger partial charge in [-0.2, -0.15) is 10.5 Å². The van der Waals surface area contributed by atoms with E-state index < -0.39 is 0 Å². The number of piperazine rings is 1. The summed E-state index contributed by atoms with van der Waals surface area (Å²) in [4.78, 5) is 4.75. The Bertz CT molecular complexity index is 553. The summed E-state index contributed by atoms with van der Waals surface area (Å²) in [5.74, 6) is -0.0286. The predicted octanol–water partition coefficient (Wildman–Crippen LogP) is 2.90. The normalized spacial score (nSPS) is 17.6. The molecule has 1 atom stereocenters. The Morgan fingerprint density at radius 3 is 2.50 bits per heavy atom. The van der Waals surface area contributed by atoms with E-state index in [2.05, 4.69) is 28.0 Å². The molecular formula is C17H21ClN4. The Balaban J connectivity index is 1.76. The van der Waals surface area contributed by atoms with Crippen molar-refractivity contribution in [2.24, 2.45) is 5.92 Å². The van der Waals surface area contributed by atoms with Crippen molar-refractivity contribution in [2.45, 2.75) is 19.4 Å². The Hall–Kier alpha value is -1.59. The van der Waals surface area contributed by atoms with Crippen molar-refractivity contribution in [3.8, 4) is 12.1 Å². The Morgan fingerprint density at radius 1 is 1.14 bits per heavy atom. The predicted molar refractivity (Wildman–Crippen MR) is 87.1 cm³/mol. The van der Waals surface area contributed by atoms with E-state index in [4.69, 9.17) is 22.1 Å². The molecule has 0 aliphatic carbocycles. The van der Waals surface area contributed by atoms with Gasteiger partial charge in [0.15, 0.2) is 0 Å². The van der Waals surface area contributed by atoms with Crippen LogP contribution in [-0.4, -0.2) is 42.5 Å². The molecule has 2 rings (SSSR count). The number of halogens is 1. The third-order valence-corrected chi connectivity index (χ3v) is 4.26. The Morgan fingerprint density at radius 2 is 1.86 bits per heavy atom. The van der Waals surface area contributed by atoms with Gasteiger partial charge in [0, 0.05) is 50.7 Å². The summed E-state index contributed by atoms with van der Waals surface area (Å²) in [6, 6.07) is 12.4. The van der Waals surface area contributed by atoms with Crippen molar-refractivity contribution in [3.05, 3.63) is 34.9 Å². The maximum atomic E-state index is 9.15. The lowest BCUT2D eigenvalue weighted by atomic mass is 10.0. The van der Waals surface area contributed by atoms with Gasteiger partial charge in [-0.1, -0.05) is 23.7 Å². The van der Waals surface area contributed by atoms with Crippen molar-refractivity contribution in [1.82, 2.24) is 9.80 Å². The van der Waals surface area contributed by atoms with Crippen LogP contribution in [0, 0.1) is 28.6 Å². The van der Waals surface area contributed by atoms with Crippen LogP contribution in [0.15, 0.2) is 24.3 Å². The molecule has 0 saturated carbocycles. The molecule has 1 aliphatic rings. The smallest absolute Gasteiger partial charge is 0.0669 e. The topological polar surface area (TPSA) is 54.1 Å². The first-order valence-corrected chi connectivity index (χ1v) is 8.05. The molecule has 5 heteroatoms. The van der Waals surface area contributed by atoms with Gasteiger partial charge < -0.3 is 0 Å². The first-order chi connectivity index (χ1) is 10.7. The van der Waals surface area contributed by atoms with Gasteiger partial charge in [-0.3, -0.25) is 9.80 Å². The maximum absolute atomic E-state index is 9.15. The van der Waals surface area contributed by atoms with Crippen LogP contribution in [-0.2, 0) is 6.54 Å². The van der Waals surface area contributed by atoms with Crippen LogP contribution in [0.1, 0.15) is 18.4 Å². The zero-order chi connectivity index (χ0) is 15.8. The van der Waals surface area contributed by atoms with Gasteiger partial charge in [-0.15, -0.1) is 0 Å². The fourth-order valence-electron chi connectivity index (χ4n) is 2.77. The molecule has 0 aromatic heterocycles. The van der Waals surface area contributed by atoms with E-state index >= 15 is 0 Å². The van der Waals surface area contributed by atoms with Gasteiger partial charge in [0.05, 0.1) is 18.1 Å². The summed E-state index contributed by atoms with van der Waals surface area (Å²) >= 11 is 6.02. The fraction of sp³-hybridized carbons (Fsp3) is 0.529. The standard InChI is InChI=1S/C17H21ClN4/c18-17-5-1-3-15(11-17)13-21-7-9-22(10-8-21)14-16(12-20)4-2-6-19/h1,3,5,11,16H,2,4,7-10,13-14H2/t16-/m1/s1. The molecule has 1 aliphatic heterocycles. The number of hydrogen-bond donors (Lipinski definition) is 0. The zero-order valence-electron chi connectivity index (χ0n) is 12.7. The highest BCUT2D eigenvalue weighted by Gasteiger charge is 2.20. The molecule has 0 unspecified atom stereocenters. The van der Waals surface area contributed by atoms with Crippen LogP contribution < -0.4 is 0 Å². The summed E-state index contributed by atoms with van der Waals surface area (Å²) in [5.41, 5.74) is 1.24. The highest BCUT2D eigenvalue weighted by atomic mass is 35.5. The average Bonchev–Trinajstić information content (AvgIpc) is 2.53. The minimum atomic E-state index is -0.0286. The first-order valence-electron chi connectivity index (χ1n) is 7.67. The average molecular weight is 317 g/mol. The van der Waals surface area contributed by atoms with E-state index in [1.807, 2.05) is 18.2 Å². The first kappa shape index (κ1) is 16.8. The van der Waals surface area contributed by atoms with Crippen molar-refractivity contribution in [1.29, 1.82) is 10.5 Å². The van der Waals surface area contributed by atoms with E-state index in [1.165, 1.54) is 5.56 Å². The van der Waals surface area contributed by atoms with Crippen LogP contribution in [0.5, 0.6) is 0 Å². The van der Waals surface area contributed by atoms with Crippen LogP contribution >= 0.6 is 11.6 Å². The summed E-state index contributed by atoms with van der Waals surface area (Å²) in [6.07, 6.45) is 1.14. The number of nitrogens with zero attached hydrogens (tertiary/aromatic N) is 4. The highest BCUT2D eigenvalue weighted by Crippen LogP contribution is 2.15. The third kappa shape index (κ3) is 5.31. The molecule has 0 amide bonds. The van der Waals surface area contributed by atoms with Crippen LogP contribution in [0.3, 0.4) is 0 Å². The molecule has 1 fully saturated rings. The second kappa shape index (κ2) is 8.76. The van der Waals surface area contributed by atoms with Crippen LogP contribution in [0.25, 0.3) is 0 Å². The minimum Gasteiger partial charge on any atom is -0.299 e. The molecule has 116 valence electrons. The van der Waals surface area contributed by atoms with E-state index in [0.717, 1.165) is 44.3 Å². The van der Waals surface area contributed by atoms with Gasteiger partial charge >= 0.3 is 0 Å². The molecule has 1 aromatic rings. The lowest BCUT2D eigenvalue weighted by molar-refractivity contribution is 0.118. The summed E-state index contributed by atoms with van der Waals surface area (Å²) in [5, 5.41) is 18.6. The summed E-state index contributed by atoms with van der Waals surface area (Å²) in [7, 11) is 0. The number of benzene rings is 1. The number of rotatable bonds is 6. The molecule has 1 saturated heterocycles. The van der Waals surface area contributed by atoms with Gasteiger partial charge in [0.2, 0.25) is 0 Å². The number of nitriles is 2. The Kier molecular flexibility index (Phi) is 6.68. The second-order valence-corrected chi connectivity index (χ2v) is 6.17. The van der Waals surface area contributed by atoms with Gasteiger partial charge in [0.1, 0.15) is 0 Å². The number of hydrogen-bond acceptors (Lipinski definition) is 4. The fourth-order valence-corrected chi connectivity index (χ4v) is 2.98. The van der Waals surface area contributed by atoms with E-state index in [9.17, 15) is 0 Å². The molecule has 0 N–H and O–H groups in total. The third-order valence-electron chi connectivity index (χ3n) is 4.03. The summed E-state index contributed by atoms with van der Waals surface area (Å²) in [6.45, 7) is 5.66. The summed E-state index contributed by atoms with van der Waals surface area (Å²) < 4.78 is 0. The molecule has 0 bridgehead atoms. The zero-order valence-corrected chi connectivity index (χ0v) is 13.5. The Labute approximate surface area is 137 Å². The van der Waals surface area contributed by atoms with E-state index in [-0.39, 0.29) is 5.92 Å². The molecule has 1 aromatic carbocycles. The quantitative estimate of drug-likeness (QED) is 0.809. The maximum Gasteiger partial charge on any atom is 0.0669 e. The molecule has 1 heterocycles. The minimum absolute atomic E-state index is 0.0286. The lowest BCUT2D eigenvalue weighted by Gasteiger charge is -2.35. The van der Waals surface area contributed by atoms with Crippen molar-refractivity contribution in [2.75, 3.05) is 32.7 Å². The van der Waals surface area contributed by atoms with Crippen molar-refractivity contribution >= 4 is 11.6 Å². The lowest BCUT2D eigenvalue weighted by Crippen LogP contribution is -2.47. The highest BCUT2D eigenvalue weighted by molar-refractivity contribution is 6.30. The molecule has 4 nitrogen and oxygen atoms in total. The van der Waals surface area contributed by atoms with Gasteiger partial charge in [-0.05, 0) is 24.1 Å². The largest absolute Gasteiger partial charge is 0.299 e. The van der Waals surface area contributed by atoms with E-state index in [1.54, 1.807) is 0 Å². The molecular weight excluding hydrogens is 296 g/mol. The SMILES string of the molecule is N#CCC[C@H](C#N)CN1CCN(Cc2cccc(Cl)c2)CC1. The van der Waals surface area contributed by atoms with Crippen molar-refractivity contribution < 1.29 is 0 Å². The van der Waals surface area contributed by atoms with Gasteiger partial charge in [-0.25, -0.2) is 0 Å². The van der Waals surface area contributed by atoms with Crippen LogP contribution in [0.2, 0.25) is 5.02 Å². The molecule has 0 radical (unpaired) electrons. The monoisotopic (exact) mass is 316 g/mol. The molecule has 0 spiro atoms. The second-order valence-electron chi connectivity index (χ2n) is 5.73. The van der Waals surface area contributed by atoms with Crippen LogP contribution in [0.4, 0.5) is 0 Å². The van der Waals surface area contributed by atoms with Gasteiger partial charge in [0.25, 0.3) is 0 Å². The van der Waals surface area contributed by atoms with E-state index in [0.29, 0.717) is 12.8 Å².